The Morgan fingerprint density at radius 1 is 1.00 bits per heavy atom. The molecule has 0 saturated carbocycles. The van der Waals surface area contributed by atoms with Crippen molar-refractivity contribution in [1.29, 1.82) is 0 Å². The van der Waals surface area contributed by atoms with Gasteiger partial charge in [-0.05, 0) is 19.3 Å². The minimum Gasteiger partial charge on any atom is -0.170 e. The van der Waals surface area contributed by atoms with E-state index in [0.29, 0.717) is 0 Å². The maximum atomic E-state index is 2.60. The molecule has 0 spiro atoms. The quantitative estimate of drug-likeness (QED) is 0.519. The van der Waals surface area contributed by atoms with Gasteiger partial charge >= 0.3 is 0 Å². The Labute approximate surface area is 64.4 Å². The van der Waals surface area contributed by atoms with Gasteiger partial charge < -0.3 is 0 Å². The third-order valence-corrected chi connectivity index (χ3v) is 2.24. The largest absolute Gasteiger partial charge is 0.170 e. The lowest BCUT2D eigenvalue weighted by atomic mass is 10.2. The smallest absolute Gasteiger partial charge is 0.122 e. The van der Waals surface area contributed by atoms with Crippen LogP contribution in [0.5, 0.6) is 0 Å². The van der Waals surface area contributed by atoms with Crippen LogP contribution in [0.4, 0.5) is 0 Å². The Morgan fingerprint density at radius 3 is 2.10 bits per heavy atom. The number of hydrogen-bond acceptors (Lipinski definition) is 1. The molecule has 0 aromatic rings. The maximum absolute atomic E-state index is 2.60. The van der Waals surface area contributed by atoms with Gasteiger partial charge in [0.1, 0.15) is 19.6 Å². The van der Waals surface area contributed by atoms with Gasteiger partial charge in [-0.2, -0.15) is 4.90 Å². The fourth-order valence-electron chi connectivity index (χ4n) is 1.68. The summed E-state index contributed by atoms with van der Waals surface area (Å²) in [7, 11) is 0. The van der Waals surface area contributed by atoms with E-state index in [0.717, 1.165) is 0 Å². The van der Waals surface area contributed by atoms with E-state index in [1.54, 1.807) is 0 Å². The van der Waals surface area contributed by atoms with Crippen LogP contribution in [0.25, 0.3) is 0 Å². The first-order valence-corrected chi connectivity index (χ1v) is 4.66. The molecular weight excluding hydrogens is 122 g/mol. The lowest BCUT2D eigenvalue weighted by Crippen LogP contribution is -2.31. The third kappa shape index (κ3) is 2.70. The first-order valence-electron chi connectivity index (χ1n) is 4.66. The monoisotopic (exact) mass is 141 g/mol. The van der Waals surface area contributed by atoms with Crippen LogP contribution < -0.4 is 4.90 Å². The molecule has 10 heavy (non-hydrogen) atoms. The minimum absolute atomic E-state index is 1.32. The summed E-state index contributed by atoms with van der Waals surface area (Å²) in [5.41, 5.74) is 0. The Hall–Kier alpha value is -0.0400. The molecule has 0 aliphatic carbocycles. The van der Waals surface area contributed by atoms with Gasteiger partial charge in [0.15, 0.2) is 0 Å². The zero-order chi connectivity index (χ0) is 7.23. The fourth-order valence-corrected chi connectivity index (χ4v) is 1.68. The lowest BCUT2D eigenvalue weighted by molar-refractivity contribution is 0.419. The van der Waals surface area contributed by atoms with Gasteiger partial charge in [0.25, 0.3) is 0 Å². The van der Waals surface area contributed by atoms with E-state index in [1.807, 2.05) is 0 Å². The molecule has 0 bridgehead atoms. The van der Waals surface area contributed by atoms with Gasteiger partial charge in [-0.15, -0.1) is 0 Å². The maximum Gasteiger partial charge on any atom is 0.122 e. The van der Waals surface area contributed by atoms with Crippen molar-refractivity contribution in [3.05, 3.63) is 0 Å². The molecule has 1 heterocycles. The number of hydrogen-bond donors (Lipinski definition) is 0. The first kappa shape index (κ1) is 8.06. The topological polar surface area (TPSA) is 5.90 Å². The van der Waals surface area contributed by atoms with Crippen LogP contribution in [0.1, 0.15) is 39.0 Å². The molecule has 1 rings (SSSR count). The van der Waals surface area contributed by atoms with Crippen LogP contribution in [0.15, 0.2) is 0 Å². The second kappa shape index (κ2) is 4.73. The summed E-state index contributed by atoms with van der Waals surface area (Å²) in [4.78, 5) is 2.60. The number of likely N-dealkylation sites (tertiary alicyclic amines) is 1. The van der Waals surface area contributed by atoms with Crippen molar-refractivity contribution >= 4 is 0 Å². The summed E-state index contributed by atoms with van der Waals surface area (Å²) in [5.74, 6) is 0. The van der Waals surface area contributed by atoms with E-state index in [9.17, 15) is 0 Å². The predicted octanol–water partition coefficient (Wildman–Crippen LogP) is 2.11. The molecule has 1 aliphatic heterocycles. The summed E-state index contributed by atoms with van der Waals surface area (Å²) in [6.07, 6.45) is 7.10. The lowest BCUT2D eigenvalue weighted by Gasteiger charge is -2.06. The van der Waals surface area contributed by atoms with Crippen LogP contribution in [-0.2, 0) is 0 Å². The van der Waals surface area contributed by atoms with Crippen molar-refractivity contribution in [1.82, 2.24) is 4.90 Å². The molecular formula is C9H19N+. The van der Waals surface area contributed by atoms with Crippen LogP contribution in [0, 0.1) is 0 Å². The highest BCUT2D eigenvalue weighted by Gasteiger charge is 2.14. The van der Waals surface area contributed by atoms with Gasteiger partial charge in [0.2, 0.25) is 0 Å². The zero-order valence-electron chi connectivity index (χ0n) is 7.10. The van der Waals surface area contributed by atoms with Gasteiger partial charge in [0.05, 0.1) is 0 Å². The molecule has 1 aliphatic rings. The van der Waals surface area contributed by atoms with E-state index in [2.05, 4.69) is 11.8 Å². The third-order valence-electron chi connectivity index (χ3n) is 2.24. The standard InChI is InChI=1S/C9H19N/c1-2-7-10-8-5-3-4-6-9-10/h2-9H2,1H3/q+1. The summed E-state index contributed by atoms with van der Waals surface area (Å²) >= 11 is 0. The molecule has 1 radical (unpaired) electrons. The highest BCUT2D eigenvalue weighted by atomic mass is 15.1. The molecule has 59 valence electrons. The zero-order valence-corrected chi connectivity index (χ0v) is 7.10. The van der Waals surface area contributed by atoms with Crippen molar-refractivity contribution in [3.63, 3.8) is 0 Å². The molecule has 0 amide bonds. The normalized spacial score (nSPS) is 22.5. The van der Waals surface area contributed by atoms with Crippen molar-refractivity contribution in [3.8, 4) is 0 Å². The van der Waals surface area contributed by atoms with Crippen molar-refractivity contribution in [2.24, 2.45) is 0 Å². The van der Waals surface area contributed by atoms with Crippen molar-refractivity contribution < 1.29 is 0 Å². The molecule has 1 fully saturated rings. The Morgan fingerprint density at radius 2 is 1.60 bits per heavy atom. The SMILES string of the molecule is CCC[N+]1CCCCCC1. The van der Waals surface area contributed by atoms with Crippen LogP contribution in [0.2, 0.25) is 0 Å². The molecule has 0 unspecified atom stereocenters. The Bertz CT molecular complexity index is 72.8. The van der Waals surface area contributed by atoms with E-state index in [1.165, 1.54) is 51.7 Å². The molecule has 1 nitrogen and oxygen atoms in total. The summed E-state index contributed by atoms with van der Waals surface area (Å²) in [5, 5.41) is 0. The number of nitrogens with zero attached hydrogens (tertiary/aromatic N) is 1. The van der Waals surface area contributed by atoms with Crippen molar-refractivity contribution in [2.75, 3.05) is 19.6 Å². The molecule has 1 saturated heterocycles. The molecule has 0 N–H and O–H groups in total. The van der Waals surface area contributed by atoms with Crippen LogP contribution in [0.3, 0.4) is 0 Å². The highest BCUT2D eigenvalue weighted by molar-refractivity contribution is 4.67. The fraction of sp³-hybridized carbons (Fsp3) is 1.00. The minimum atomic E-state index is 1.32. The molecule has 1 heteroatoms. The van der Waals surface area contributed by atoms with E-state index in [-0.39, 0.29) is 0 Å². The Kier molecular flexibility index (Phi) is 3.81. The van der Waals surface area contributed by atoms with Crippen LogP contribution >= 0.6 is 0 Å². The molecule has 0 atom stereocenters. The van der Waals surface area contributed by atoms with E-state index >= 15 is 0 Å². The molecule has 0 aromatic carbocycles. The van der Waals surface area contributed by atoms with Gasteiger partial charge in [-0.25, -0.2) is 0 Å². The number of rotatable bonds is 2. The van der Waals surface area contributed by atoms with Crippen LogP contribution in [-0.4, -0.2) is 19.6 Å². The highest BCUT2D eigenvalue weighted by Crippen LogP contribution is 2.07. The summed E-state index contributed by atoms with van der Waals surface area (Å²) < 4.78 is 0. The van der Waals surface area contributed by atoms with Gasteiger partial charge in [0, 0.05) is 12.8 Å². The summed E-state index contributed by atoms with van der Waals surface area (Å²) in [6.45, 7) is 6.30. The predicted molar refractivity (Wildman–Crippen MR) is 45.5 cm³/mol. The Balaban J connectivity index is 2.15. The van der Waals surface area contributed by atoms with Crippen molar-refractivity contribution in [2.45, 2.75) is 39.0 Å². The second-order valence-electron chi connectivity index (χ2n) is 3.26. The average molecular weight is 141 g/mol. The van der Waals surface area contributed by atoms with Gasteiger partial charge in [-0.1, -0.05) is 6.92 Å². The average Bonchev–Trinajstić information content (AvgIpc) is 2.17. The summed E-state index contributed by atoms with van der Waals surface area (Å²) in [6, 6.07) is 0. The first-order chi connectivity index (χ1) is 4.93. The van der Waals surface area contributed by atoms with Gasteiger partial charge in [-0.3, -0.25) is 0 Å². The molecule has 0 aromatic heterocycles. The van der Waals surface area contributed by atoms with E-state index < -0.39 is 0 Å². The van der Waals surface area contributed by atoms with E-state index in [4.69, 9.17) is 0 Å². The second-order valence-corrected chi connectivity index (χ2v) is 3.26.